The van der Waals surface area contributed by atoms with Crippen LogP contribution in [0.1, 0.15) is 19.4 Å². The van der Waals surface area contributed by atoms with Crippen LogP contribution in [0.3, 0.4) is 0 Å². The first-order valence-electron chi connectivity index (χ1n) is 7.60. The normalized spacial score (nSPS) is 9.28. The minimum Gasteiger partial charge on any atom is -0.464 e. The van der Waals surface area contributed by atoms with E-state index in [1.165, 1.54) is 19.9 Å². The Balaban J connectivity index is 2.83. The number of esters is 2. The standard InChI is InChI=1S/C18H19N3O4/c1-14(22)24-9-7-21(8-10-25-15(2)23)18-5-3-16(4-6-18)11-17(12-19)13-20/h3-6,11H,7-10H2,1-2H3. The van der Waals surface area contributed by atoms with Crippen LogP contribution in [0.5, 0.6) is 0 Å². The topological polar surface area (TPSA) is 103 Å². The zero-order valence-corrected chi connectivity index (χ0v) is 14.2. The van der Waals surface area contributed by atoms with Gasteiger partial charge in [0.15, 0.2) is 0 Å². The van der Waals surface area contributed by atoms with Gasteiger partial charge in [-0.25, -0.2) is 0 Å². The Hall–Kier alpha value is -3.32. The van der Waals surface area contributed by atoms with Gasteiger partial charge in [0, 0.05) is 19.5 Å². The predicted octanol–water partition coefficient (Wildman–Crippen LogP) is 2.05. The lowest BCUT2D eigenvalue weighted by Gasteiger charge is -2.24. The number of hydrogen-bond acceptors (Lipinski definition) is 7. The summed E-state index contributed by atoms with van der Waals surface area (Å²) >= 11 is 0. The van der Waals surface area contributed by atoms with Gasteiger partial charge in [-0.2, -0.15) is 10.5 Å². The number of nitrogens with zero attached hydrogens (tertiary/aromatic N) is 3. The molecule has 0 aliphatic carbocycles. The van der Waals surface area contributed by atoms with Crippen LogP contribution in [0.15, 0.2) is 29.8 Å². The van der Waals surface area contributed by atoms with Gasteiger partial charge in [0.25, 0.3) is 0 Å². The molecular weight excluding hydrogens is 322 g/mol. The second-order valence-electron chi connectivity index (χ2n) is 5.04. The van der Waals surface area contributed by atoms with Crippen molar-refractivity contribution < 1.29 is 19.1 Å². The molecule has 1 aromatic carbocycles. The maximum absolute atomic E-state index is 10.9. The monoisotopic (exact) mass is 341 g/mol. The number of benzene rings is 1. The highest BCUT2D eigenvalue weighted by Crippen LogP contribution is 2.17. The molecular formula is C18H19N3O4. The summed E-state index contributed by atoms with van der Waals surface area (Å²) in [5.74, 6) is -0.720. The molecule has 0 saturated carbocycles. The second-order valence-corrected chi connectivity index (χ2v) is 5.04. The predicted molar refractivity (Wildman–Crippen MR) is 91.1 cm³/mol. The Morgan fingerprint density at radius 3 is 1.88 bits per heavy atom. The van der Waals surface area contributed by atoms with E-state index in [1.54, 1.807) is 12.1 Å². The Morgan fingerprint density at radius 2 is 1.48 bits per heavy atom. The summed E-state index contributed by atoms with van der Waals surface area (Å²) in [6, 6.07) is 10.8. The fourth-order valence-electron chi connectivity index (χ4n) is 2.01. The van der Waals surface area contributed by atoms with Crippen molar-refractivity contribution in [2.45, 2.75) is 13.8 Å². The molecule has 0 N–H and O–H groups in total. The first kappa shape index (κ1) is 19.7. The van der Waals surface area contributed by atoms with E-state index in [0.29, 0.717) is 13.1 Å². The van der Waals surface area contributed by atoms with E-state index in [-0.39, 0.29) is 30.7 Å². The molecule has 0 radical (unpaired) electrons. The van der Waals surface area contributed by atoms with Gasteiger partial charge in [-0.15, -0.1) is 0 Å². The van der Waals surface area contributed by atoms with E-state index in [9.17, 15) is 9.59 Å². The minimum absolute atomic E-state index is 0.0225. The van der Waals surface area contributed by atoms with E-state index in [0.717, 1.165) is 11.3 Å². The van der Waals surface area contributed by atoms with Gasteiger partial charge < -0.3 is 14.4 Å². The molecule has 1 rings (SSSR count). The summed E-state index contributed by atoms with van der Waals surface area (Å²) in [6.45, 7) is 3.99. The number of carbonyl (C=O) groups excluding carboxylic acids is 2. The highest BCUT2D eigenvalue weighted by atomic mass is 16.5. The van der Waals surface area contributed by atoms with Crippen LogP contribution in [0.25, 0.3) is 6.08 Å². The Kier molecular flexibility index (Phi) is 8.25. The van der Waals surface area contributed by atoms with E-state index >= 15 is 0 Å². The van der Waals surface area contributed by atoms with E-state index in [1.807, 2.05) is 29.2 Å². The summed E-state index contributed by atoms with van der Waals surface area (Å²) in [5, 5.41) is 17.6. The molecule has 0 saturated heterocycles. The molecule has 0 amide bonds. The highest BCUT2D eigenvalue weighted by molar-refractivity contribution is 5.66. The smallest absolute Gasteiger partial charge is 0.302 e. The third-order valence-electron chi connectivity index (χ3n) is 3.14. The maximum Gasteiger partial charge on any atom is 0.302 e. The fraction of sp³-hybridized carbons (Fsp3) is 0.333. The summed E-state index contributed by atoms with van der Waals surface area (Å²) in [7, 11) is 0. The maximum atomic E-state index is 10.9. The summed E-state index contributed by atoms with van der Waals surface area (Å²) in [6.07, 6.45) is 1.49. The van der Waals surface area contributed by atoms with Gasteiger partial charge >= 0.3 is 11.9 Å². The second kappa shape index (κ2) is 10.5. The van der Waals surface area contributed by atoms with E-state index in [2.05, 4.69) is 0 Å². The summed E-state index contributed by atoms with van der Waals surface area (Å²) in [4.78, 5) is 23.7. The number of carbonyl (C=O) groups is 2. The summed E-state index contributed by atoms with van der Waals surface area (Å²) in [5.41, 5.74) is 1.59. The summed E-state index contributed by atoms with van der Waals surface area (Å²) < 4.78 is 9.91. The number of allylic oxidation sites excluding steroid dienone is 1. The van der Waals surface area contributed by atoms with Crippen molar-refractivity contribution in [1.82, 2.24) is 0 Å². The fourth-order valence-corrected chi connectivity index (χ4v) is 2.01. The number of anilines is 1. The lowest BCUT2D eigenvalue weighted by atomic mass is 10.1. The van der Waals surface area contributed by atoms with Crippen molar-refractivity contribution in [3.05, 3.63) is 35.4 Å². The third-order valence-corrected chi connectivity index (χ3v) is 3.14. The molecule has 0 atom stereocenters. The van der Waals surface area contributed by atoms with Crippen molar-refractivity contribution in [3.8, 4) is 12.1 Å². The third kappa shape index (κ3) is 7.67. The molecule has 7 heteroatoms. The molecule has 0 bridgehead atoms. The van der Waals surface area contributed by atoms with Crippen LogP contribution in [0.2, 0.25) is 0 Å². The van der Waals surface area contributed by atoms with Gasteiger partial charge in [0.2, 0.25) is 0 Å². The van der Waals surface area contributed by atoms with E-state index < -0.39 is 0 Å². The minimum atomic E-state index is -0.360. The van der Waals surface area contributed by atoms with Crippen molar-refractivity contribution in [1.29, 1.82) is 10.5 Å². The SMILES string of the molecule is CC(=O)OCCN(CCOC(C)=O)c1ccc(C=C(C#N)C#N)cc1. The average Bonchev–Trinajstić information content (AvgIpc) is 2.58. The highest BCUT2D eigenvalue weighted by Gasteiger charge is 2.08. The van der Waals surface area contributed by atoms with E-state index in [4.69, 9.17) is 20.0 Å². The van der Waals surface area contributed by atoms with Crippen LogP contribution in [0, 0.1) is 22.7 Å². The van der Waals surface area contributed by atoms with Crippen LogP contribution in [-0.4, -0.2) is 38.2 Å². The number of hydrogen-bond donors (Lipinski definition) is 0. The molecule has 0 aromatic heterocycles. The van der Waals surface area contributed by atoms with Gasteiger partial charge in [0.05, 0.1) is 13.1 Å². The van der Waals surface area contributed by atoms with Gasteiger partial charge in [0.1, 0.15) is 30.9 Å². The Morgan fingerprint density at radius 1 is 1.00 bits per heavy atom. The number of nitriles is 2. The van der Waals surface area contributed by atoms with Crippen LogP contribution < -0.4 is 4.90 Å². The number of ether oxygens (including phenoxy) is 2. The Labute approximate surface area is 146 Å². The zero-order chi connectivity index (χ0) is 18.7. The van der Waals surface area contributed by atoms with Crippen molar-refractivity contribution in [2.75, 3.05) is 31.2 Å². The van der Waals surface area contributed by atoms with Crippen molar-refractivity contribution >= 4 is 23.7 Å². The van der Waals surface area contributed by atoms with Gasteiger partial charge in [-0.3, -0.25) is 9.59 Å². The van der Waals surface area contributed by atoms with Crippen LogP contribution in [-0.2, 0) is 19.1 Å². The number of rotatable bonds is 8. The quantitative estimate of drug-likeness (QED) is 0.526. The lowest BCUT2D eigenvalue weighted by Crippen LogP contribution is -2.31. The van der Waals surface area contributed by atoms with Gasteiger partial charge in [-0.05, 0) is 23.8 Å². The molecule has 0 aliphatic rings. The molecule has 0 unspecified atom stereocenters. The molecule has 0 spiro atoms. The first-order chi connectivity index (χ1) is 12.0. The lowest BCUT2D eigenvalue weighted by molar-refractivity contribution is -0.141. The van der Waals surface area contributed by atoms with Crippen molar-refractivity contribution in [2.24, 2.45) is 0 Å². The zero-order valence-electron chi connectivity index (χ0n) is 14.2. The molecule has 7 nitrogen and oxygen atoms in total. The van der Waals surface area contributed by atoms with Crippen LogP contribution >= 0.6 is 0 Å². The Bertz CT molecular complexity index is 675. The molecule has 130 valence electrons. The molecule has 1 aromatic rings. The first-order valence-corrected chi connectivity index (χ1v) is 7.60. The molecule has 25 heavy (non-hydrogen) atoms. The van der Waals surface area contributed by atoms with Crippen molar-refractivity contribution in [3.63, 3.8) is 0 Å². The van der Waals surface area contributed by atoms with Crippen LogP contribution in [0.4, 0.5) is 5.69 Å². The molecule has 0 fully saturated rings. The molecule has 0 aliphatic heterocycles. The molecule has 0 heterocycles. The van der Waals surface area contributed by atoms with Gasteiger partial charge in [-0.1, -0.05) is 12.1 Å². The average molecular weight is 341 g/mol. The largest absolute Gasteiger partial charge is 0.464 e.